The monoisotopic (exact) mass is 339 g/mol. The summed E-state index contributed by atoms with van der Waals surface area (Å²) >= 11 is 0. The van der Waals surface area contributed by atoms with Crippen molar-refractivity contribution >= 4 is 0 Å². The van der Waals surface area contributed by atoms with Crippen molar-refractivity contribution in [1.82, 2.24) is 13.7 Å². The minimum absolute atomic E-state index is 0.0498. The zero-order chi connectivity index (χ0) is 18.2. The van der Waals surface area contributed by atoms with Crippen LogP contribution in [0.4, 0.5) is 0 Å². The summed E-state index contributed by atoms with van der Waals surface area (Å²) in [4.78, 5) is 38.1. The van der Waals surface area contributed by atoms with Gasteiger partial charge in [-0.3, -0.25) is 0 Å². The van der Waals surface area contributed by atoms with Crippen molar-refractivity contribution in [1.29, 1.82) is 0 Å². The maximum absolute atomic E-state index is 13.0. The van der Waals surface area contributed by atoms with Crippen LogP contribution in [0.2, 0.25) is 0 Å². The van der Waals surface area contributed by atoms with Crippen LogP contribution in [0.5, 0.6) is 0 Å². The lowest BCUT2D eigenvalue weighted by atomic mass is 9.99. The summed E-state index contributed by atoms with van der Waals surface area (Å²) < 4.78 is 14.4. The first-order valence-electron chi connectivity index (χ1n) is 8.26. The summed E-state index contributed by atoms with van der Waals surface area (Å²) in [5, 5.41) is 0. The van der Waals surface area contributed by atoms with Gasteiger partial charge in [0.15, 0.2) is 0 Å². The van der Waals surface area contributed by atoms with Crippen molar-refractivity contribution in [3.63, 3.8) is 0 Å². The number of rotatable bonds is 4. The van der Waals surface area contributed by atoms with Crippen LogP contribution in [-0.2, 0) is 16.5 Å². The molecule has 3 heterocycles. The minimum Gasteiger partial charge on any atom is -0.364 e. The number of aromatic nitrogens is 3. The second-order valence-electron chi connectivity index (χ2n) is 7.39. The molecule has 1 aromatic rings. The summed E-state index contributed by atoms with van der Waals surface area (Å²) in [7, 11) is 1.38. The molecular formula is C16H25N3O5. The van der Waals surface area contributed by atoms with Gasteiger partial charge >= 0.3 is 17.1 Å². The number of epoxide rings is 2. The normalized spacial score (nSPS) is 37.1. The van der Waals surface area contributed by atoms with Crippen molar-refractivity contribution < 1.29 is 9.47 Å². The molecule has 2 fully saturated rings. The molecule has 0 radical (unpaired) electrons. The van der Waals surface area contributed by atoms with Gasteiger partial charge < -0.3 is 9.47 Å². The Bertz CT molecular complexity index is 802. The first-order valence-corrected chi connectivity index (χ1v) is 8.26. The Morgan fingerprint density at radius 3 is 1.38 bits per heavy atom. The fourth-order valence-corrected chi connectivity index (χ4v) is 3.43. The quantitative estimate of drug-likeness (QED) is 0.730. The van der Waals surface area contributed by atoms with Crippen LogP contribution in [0, 0.1) is 0 Å². The number of hydrogen-bond donors (Lipinski definition) is 0. The molecule has 0 saturated carbocycles. The van der Waals surface area contributed by atoms with Gasteiger partial charge in [0.05, 0.1) is 24.3 Å². The van der Waals surface area contributed by atoms with Crippen LogP contribution in [0.3, 0.4) is 0 Å². The summed E-state index contributed by atoms with van der Waals surface area (Å²) in [6, 6.07) is -0.966. The first-order chi connectivity index (χ1) is 11.0. The Kier molecular flexibility index (Phi) is 3.52. The van der Waals surface area contributed by atoms with Gasteiger partial charge in [0.25, 0.3) is 0 Å². The SMILES string of the molecule is CC1OC1(C)C(C)n1c(=O)n(C)c(=O)n(C(C)C2(C)OC2C)c1=O. The molecule has 8 heteroatoms. The molecular weight excluding hydrogens is 314 g/mol. The molecule has 6 atom stereocenters. The Hall–Kier alpha value is -1.67. The Labute approximate surface area is 139 Å². The summed E-state index contributed by atoms with van der Waals surface area (Å²) in [5.41, 5.74) is -3.04. The number of ether oxygens (including phenoxy) is 2. The van der Waals surface area contributed by atoms with Gasteiger partial charge in [-0.25, -0.2) is 28.1 Å². The van der Waals surface area contributed by atoms with Gasteiger partial charge in [-0.2, -0.15) is 0 Å². The van der Waals surface area contributed by atoms with E-state index in [0.29, 0.717) is 0 Å². The molecule has 24 heavy (non-hydrogen) atoms. The van der Waals surface area contributed by atoms with Crippen LogP contribution >= 0.6 is 0 Å². The van der Waals surface area contributed by atoms with Gasteiger partial charge in [-0.1, -0.05) is 0 Å². The minimum atomic E-state index is -0.625. The van der Waals surface area contributed by atoms with Gasteiger partial charge in [-0.15, -0.1) is 0 Å². The first kappa shape index (κ1) is 17.2. The van der Waals surface area contributed by atoms with Gasteiger partial charge in [-0.05, 0) is 41.5 Å². The molecule has 6 unspecified atom stereocenters. The molecule has 0 spiro atoms. The van der Waals surface area contributed by atoms with Crippen molar-refractivity contribution in [3.05, 3.63) is 31.5 Å². The van der Waals surface area contributed by atoms with E-state index in [4.69, 9.17) is 9.47 Å². The van der Waals surface area contributed by atoms with Crippen LogP contribution in [0.1, 0.15) is 53.6 Å². The van der Waals surface area contributed by atoms with Gasteiger partial charge in [0.1, 0.15) is 11.2 Å². The Balaban J connectivity index is 2.20. The van der Waals surface area contributed by atoms with Crippen LogP contribution in [-0.4, -0.2) is 37.1 Å². The zero-order valence-corrected chi connectivity index (χ0v) is 15.2. The highest BCUT2D eigenvalue weighted by Crippen LogP contribution is 2.45. The predicted molar refractivity (Wildman–Crippen MR) is 87.5 cm³/mol. The maximum Gasteiger partial charge on any atom is 0.337 e. The standard InChI is InChI=1S/C16H25N3O5/c1-8(15(5)10(3)23-15)18-12(20)17(7)13(21)19(14(18)22)9(2)16(6)11(4)24-16/h8-11H,1-7H3. The highest BCUT2D eigenvalue weighted by Gasteiger charge is 2.56. The van der Waals surface area contributed by atoms with E-state index < -0.39 is 40.4 Å². The zero-order valence-electron chi connectivity index (χ0n) is 15.2. The van der Waals surface area contributed by atoms with E-state index in [-0.39, 0.29) is 12.2 Å². The molecule has 2 aliphatic heterocycles. The molecule has 2 saturated heterocycles. The molecule has 0 aromatic carbocycles. The molecule has 0 amide bonds. The van der Waals surface area contributed by atoms with Crippen molar-refractivity contribution in [2.24, 2.45) is 7.05 Å². The molecule has 8 nitrogen and oxygen atoms in total. The Morgan fingerprint density at radius 2 is 1.12 bits per heavy atom. The highest BCUT2D eigenvalue weighted by atomic mass is 16.6. The van der Waals surface area contributed by atoms with Crippen molar-refractivity contribution in [2.45, 2.75) is 77.0 Å². The van der Waals surface area contributed by atoms with E-state index in [2.05, 4.69) is 0 Å². The number of nitrogens with zero attached hydrogens (tertiary/aromatic N) is 3. The lowest BCUT2D eigenvalue weighted by Crippen LogP contribution is -2.57. The molecule has 1 aromatic heterocycles. The van der Waals surface area contributed by atoms with Crippen LogP contribution in [0.15, 0.2) is 14.4 Å². The lowest BCUT2D eigenvalue weighted by Gasteiger charge is -2.24. The second kappa shape index (κ2) is 4.92. The summed E-state index contributed by atoms with van der Waals surface area (Å²) in [5.74, 6) is 0. The molecule has 0 N–H and O–H groups in total. The molecule has 0 bridgehead atoms. The van der Waals surface area contributed by atoms with E-state index in [0.717, 1.165) is 13.7 Å². The van der Waals surface area contributed by atoms with E-state index in [9.17, 15) is 14.4 Å². The van der Waals surface area contributed by atoms with Crippen molar-refractivity contribution in [3.8, 4) is 0 Å². The average Bonchev–Trinajstić information content (AvgIpc) is 3.33. The third-order valence-electron chi connectivity index (χ3n) is 6.19. The van der Waals surface area contributed by atoms with Crippen LogP contribution in [0.25, 0.3) is 0 Å². The maximum atomic E-state index is 13.0. The number of hydrogen-bond acceptors (Lipinski definition) is 5. The van der Waals surface area contributed by atoms with E-state index in [1.165, 1.54) is 7.05 Å². The van der Waals surface area contributed by atoms with E-state index >= 15 is 0 Å². The molecule has 2 aliphatic rings. The topological polar surface area (TPSA) is 91.1 Å². The van der Waals surface area contributed by atoms with Crippen molar-refractivity contribution in [2.75, 3.05) is 0 Å². The third-order valence-corrected chi connectivity index (χ3v) is 6.19. The highest BCUT2D eigenvalue weighted by molar-refractivity contribution is 5.06. The van der Waals surface area contributed by atoms with Gasteiger partial charge in [0.2, 0.25) is 0 Å². The molecule has 134 valence electrons. The Morgan fingerprint density at radius 1 is 0.833 bits per heavy atom. The molecule has 3 rings (SSSR count). The van der Waals surface area contributed by atoms with Crippen LogP contribution < -0.4 is 17.1 Å². The average molecular weight is 339 g/mol. The summed E-state index contributed by atoms with van der Waals surface area (Å²) in [6.45, 7) is 11.0. The van der Waals surface area contributed by atoms with E-state index in [1.807, 2.05) is 27.7 Å². The largest absolute Gasteiger partial charge is 0.364 e. The second-order valence-corrected chi connectivity index (χ2v) is 7.39. The van der Waals surface area contributed by atoms with Gasteiger partial charge in [0, 0.05) is 7.05 Å². The predicted octanol–water partition coefficient (Wildman–Crippen LogP) is 0.186. The smallest absolute Gasteiger partial charge is 0.337 e. The van der Waals surface area contributed by atoms with E-state index in [1.54, 1.807) is 13.8 Å². The summed E-state index contributed by atoms with van der Waals surface area (Å²) in [6.07, 6.45) is -0.0996. The third kappa shape index (κ3) is 2.09. The lowest BCUT2D eigenvalue weighted by molar-refractivity contribution is 0.208. The fraction of sp³-hybridized carbons (Fsp3) is 0.812. The fourth-order valence-electron chi connectivity index (χ4n) is 3.43. The molecule has 0 aliphatic carbocycles.